The molecule has 0 spiro atoms. The summed E-state index contributed by atoms with van der Waals surface area (Å²) < 4.78 is 62.1. The zero-order chi connectivity index (χ0) is 52.0. The first kappa shape index (κ1) is 57.0. The molecule has 6 rings (SSSR count). The maximum absolute atomic E-state index is 13.5. The molecule has 20 nitrogen and oxygen atoms in total. The fourth-order valence-electron chi connectivity index (χ4n) is 8.07. The van der Waals surface area contributed by atoms with E-state index in [0.717, 1.165) is 31.9 Å². The predicted molar refractivity (Wildman–Crippen MR) is 279 cm³/mol. The molecule has 1 unspecified atom stereocenters. The molecule has 0 aliphatic carbocycles. The van der Waals surface area contributed by atoms with Crippen LogP contribution in [0.15, 0.2) is 60.7 Å². The Kier molecular flexibility index (Phi) is 23.5. The van der Waals surface area contributed by atoms with Gasteiger partial charge in [0, 0.05) is 55.1 Å². The lowest BCUT2D eigenvalue weighted by molar-refractivity contribution is -0.0144. The summed E-state index contributed by atoms with van der Waals surface area (Å²) in [5.41, 5.74) is 4.71. The number of rotatable bonds is 31. The molecule has 0 radical (unpaired) electrons. The van der Waals surface area contributed by atoms with Crippen LogP contribution in [0.1, 0.15) is 48.0 Å². The second kappa shape index (κ2) is 30.2. The maximum atomic E-state index is 13.5. The number of imidazole rings is 2. The van der Waals surface area contributed by atoms with E-state index in [4.69, 9.17) is 62.2 Å². The third-order valence-electron chi connectivity index (χ3n) is 11.5. The van der Waals surface area contributed by atoms with Crippen molar-refractivity contribution in [3.05, 3.63) is 60.7 Å². The molecule has 1 fully saturated rings. The number of nitrogens with zero attached hydrogens (tertiary/aromatic N) is 8. The minimum atomic E-state index is -1.28. The number of fused-ring (bicyclic) bond motifs is 2. The van der Waals surface area contributed by atoms with Gasteiger partial charge in [0.15, 0.2) is 11.6 Å². The fourth-order valence-corrected chi connectivity index (χ4v) is 9.64. The Morgan fingerprint density at radius 2 is 1.08 bits per heavy atom. The van der Waals surface area contributed by atoms with E-state index in [1.807, 2.05) is 54.6 Å². The summed E-state index contributed by atoms with van der Waals surface area (Å²) >= 11 is 0. The van der Waals surface area contributed by atoms with E-state index in [0.29, 0.717) is 143 Å². The number of ether oxygens (including phenoxy) is 8. The molecule has 0 bridgehead atoms. The Balaban J connectivity index is 0.901. The molecule has 1 aliphatic rings. The average molecular weight is 1030 g/mol. The van der Waals surface area contributed by atoms with Gasteiger partial charge in [0.25, 0.3) is 8.53 Å². The van der Waals surface area contributed by atoms with Gasteiger partial charge in [-0.25, -0.2) is 33.4 Å². The predicted octanol–water partition coefficient (Wildman–Crippen LogP) is 8.24. The van der Waals surface area contributed by atoms with Crippen molar-refractivity contribution in [3.8, 4) is 34.6 Å². The number of hydrogen-bond donors (Lipinski definition) is 0. The van der Waals surface area contributed by atoms with Crippen LogP contribution in [-0.2, 0) is 42.2 Å². The van der Waals surface area contributed by atoms with Crippen molar-refractivity contribution in [2.24, 2.45) is 0 Å². The number of carbonyl (C=O) groups is 2. The molecule has 0 N–H and O–H groups in total. The molecule has 1 saturated heterocycles. The molecule has 1 atom stereocenters. The van der Waals surface area contributed by atoms with E-state index in [9.17, 15) is 9.59 Å². The molecule has 2 aromatic heterocycles. The lowest BCUT2D eigenvalue weighted by Crippen LogP contribution is -2.44. The van der Waals surface area contributed by atoms with Gasteiger partial charge < -0.3 is 56.7 Å². The number of aromatic nitrogens is 4. The molecule has 73 heavy (non-hydrogen) atoms. The summed E-state index contributed by atoms with van der Waals surface area (Å²) in [6, 6.07) is 21.3. The fraction of sp³-hybridized carbons (Fsp3) is 0.558. The maximum Gasteiger partial charge on any atom is 0.420 e. The molecular weight excluding hydrogens is 960 g/mol. The summed E-state index contributed by atoms with van der Waals surface area (Å²) in [4.78, 5) is 41.4. The van der Waals surface area contributed by atoms with Gasteiger partial charge >= 0.3 is 12.2 Å². The van der Waals surface area contributed by atoms with E-state index in [1.165, 1.54) is 9.13 Å². The van der Waals surface area contributed by atoms with Gasteiger partial charge in [0.2, 0.25) is 0 Å². The third kappa shape index (κ3) is 16.6. The Morgan fingerprint density at radius 3 is 1.60 bits per heavy atom. The van der Waals surface area contributed by atoms with Crippen LogP contribution in [0, 0.1) is 11.3 Å². The summed E-state index contributed by atoms with van der Waals surface area (Å²) in [6.07, 6.45) is -0.775. The van der Waals surface area contributed by atoms with Crippen LogP contribution >= 0.6 is 8.53 Å². The quantitative estimate of drug-likeness (QED) is 0.0304. The van der Waals surface area contributed by atoms with Gasteiger partial charge in [-0.15, -0.1) is 0 Å². The molecule has 21 heteroatoms. The number of benzene rings is 3. The second-order valence-corrected chi connectivity index (χ2v) is 18.9. The first-order valence-electron chi connectivity index (χ1n) is 25.2. The van der Waals surface area contributed by atoms with Crippen molar-refractivity contribution < 1.29 is 56.5 Å². The standard InChI is InChI=1S/C52H73N8O12P/c1-8-68-51(61)58-47-17-13-42(50-55-46-38-43(57-22-20-56(7)21-23-57)14-18-48(46)59(50)52(62)69-9-2)37-45(47)54-49(58)41-11-15-44(16-12-41)70-35-33-66-31-29-64-27-25-63-26-28-65-30-32-67-34-36-72-73(71-24-10-19-53)60(39(3)4)40(5)6/h11-18,37-40H,8-10,20-36H2,1-7H3. The van der Waals surface area contributed by atoms with Crippen LogP contribution < -0.4 is 9.64 Å². The molecule has 3 aromatic carbocycles. The second-order valence-electron chi connectivity index (χ2n) is 17.4. The first-order chi connectivity index (χ1) is 35.5. The molecule has 1 aliphatic heterocycles. The molecule has 398 valence electrons. The number of likely N-dealkylation sites (N-methyl/N-ethyl adjacent to an activating group) is 1. The SMILES string of the molecule is CCOC(=O)n1c(-c2ccc(OCCOCCOCCOCCOCCOCCOP(OCCC#N)N(C(C)C)C(C)C)cc2)nc2cc(-c3nc4cc(N5CCN(C)CC5)ccc4n3C(=O)OCC)ccc21. The average Bonchev–Trinajstić information content (AvgIpc) is 3.96. The Hall–Kier alpha value is -5.30. The smallest absolute Gasteiger partial charge is 0.420 e. The zero-order valence-electron chi connectivity index (χ0n) is 43.5. The number of piperazine rings is 1. The van der Waals surface area contributed by atoms with E-state index in [2.05, 4.69) is 55.3 Å². The monoisotopic (exact) mass is 1030 g/mol. The third-order valence-corrected chi connectivity index (χ3v) is 13.6. The van der Waals surface area contributed by atoms with Crippen LogP contribution in [0.2, 0.25) is 0 Å². The van der Waals surface area contributed by atoms with E-state index in [-0.39, 0.29) is 25.3 Å². The summed E-state index contributed by atoms with van der Waals surface area (Å²) in [5.74, 6) is 1.42. The summed E-state index contributed by atoms with van der Waals surface area (Å²) in [6.45, 7) is 21.4. The topological polar surface area (TPSA) is 196 Å². The van der Waals surface area contributed by atoms with Crippen molar-refractivity contribution in [2.75, 3.05) is 137 Å². The van der Waals surface area contributed by atoms with Crippen LogP contribution in [0.25, 0.3) is 44.8 Å². The summed E-state index contributed by atoms with van der Waals surface area (Å²) in [5, 5.41) is 8.87. The van der Waals surface area contributed by atoms with Crippen LogP contribution in [-0.4, -0.2) is 185 Å². The highest BCUT2D eigenvalue weighted by Gasteiger charge is 2.28. The van der Waals surface area contributed by atoms with Crippen molar-refractivity contribution in [3.63, 3.8) is 0 Å². The first-order valence-corrected chi connectivity index (χ1v) is 26.3. The van der Waals surface area contributed by atoms with Gasteiger partial charge in [-0.3, -0.25) is 0 Å². The van der Waals surface area contributed by atoms with Crippen molar-refractivity contribution in [1.29, 1.82) is 5.26 Å². The van der Waals surface area contributed by atoms with Crippen molar-refractivity contribution >= 4 is 48.5 Å². The highest BCUT2D eigenvalue weighted by Crippen LogP contribution is 2.46. The van der Waals surface area contributed by atoms with Crippen LogP contribution in [0.5, 0.6) is 5.75 Å². The van der Waals surface area contributed by atoms with Gasteiger partial charge in [0.05, 0.1) is 127 Å². The van der Waals surface area contributed by atoms with Gasteiger partial charge in [-0.2, -0.15) is 5.26 Å². The van der Waals surface area contributed by atoms with Crippen LogP contribution in [0.4, 0.5) is 15.3 Å². The molecule has 0 saturated carbocycles. The number of nitriles is 1. The highest BCUT2D eigenvalue weighted by atomic mass is 31.2. The van der Waals surface area contributed by atoms with Gasteiger partial charge in [0.1, 0.15) is 12.4 Å². The molecule has 5 aromatic rings. The molecular formula is C52H73N8O12P. The van der Waals surface area contributed by atoms with Crippen LogP contribution in [0.3, 0.4) is 0 Å². The normalized spacial score (nSPS) is 13.7. The lowest BCUT2D eigenvalue weighted by Gasteiger charge is -2.35. The van der Waals surface area contributed by atoms with Gasteiger partial charge in [-0.05, 0) is 109 Å². The molecule has 3 heterocycles. The Labute approximate surface area is 430 Å². The Bertz CT molecular complexity index is 2500. The zero-order valence-corrected chi connectivity index (χ0v) is 44.4. The molecule has 0 amide bonds. The number of hydrogen-bond acceptors (Lipinski definition) is 18. The highest BCUT2D eigenvalue weighted by molar-refractivity contribution is 7.44. The minimum Gasteiger partial charge on any atom is -0.491 e. The minimum absolute atomic E-state index is 0.181. The largest absolute Gasteiger partial charge is 0.491 e. The van der Waals surface area contributed by atoms with Crippen molar-refractivity contribution in [1.82, 2.24) is 28.7 Å². The number of carbonyl (C=O) groups excluding carboxylic acids is 2. The lowest BCUT2D eigenvalue weighted by atomic mass is 10.2. The van der Waals surface area contributed by atoms with E-state index < -0.39 is 20.7 Å². The number of anilines is 1. The summed E-state index contributed by atoms with van der Waals surface area (Å²) in [7, 11) is 0.843. The van der Waals surface area contributed by atoms with Crippen molar-refractivity contribution in [2.45, 2.75) is 60.0 Å². The van der Waals surface area contributed by atoms with E-state index >= 15 is 0 Å². The Morgan fingerprint density at radius 1 is 0.616 bits per heavy atom. The van der Waals surface area contributed by atoms with E-state index in [1.54, 1.807) is 19.9 Å². The van der Waals surface area contributed by atoms with Gasteiger partial charge in [-0.1, -0.05) is 0 Å².